The van der Waals surface area contributed by atoms with Crippen molar-refractivity contribution in [3.8, 4) is 0 Å². The van der Waals surface area contributed by atoms with Gasteiger partial charge in [0.15, 0.2) is 0 Å². The number of aliphatic hydroxyl groups is 1. The predicted octanol–water partition coefficient (Wildman–Crippen LogP) is -0.423. The highest BCUT2D eigenvalue weighted by Crippen LogP contribution is 2.25. The van der Waals surface area contributed by atoms with Crippen LogP contribution in [0.15, 0.2) is 0 Å². The average Bonchev–Trinajstić information content (AvgIpc) is 2.43. The molecule has 0 saturated heterocycles. The second kappa shape index (κ2) is 12.8. The molecule has 0 saturated carbocycles. The molecule has 0 atom stereocenters. The molecule has 19 heavy (non-hydrogen) atoms. The number of ether oxygens (including phenoxy) is 2. The number of rotatable bonds is 14. The van der Waals surface area contributed by atoms with Crippen LogP contribution in [-0.2, 0) is 9.47 Å². The Hall–Kier alpha value is -0.240. The summed E-state index contributed by atoms with van der Waals surface area (Å²) in [6.45, 7) is 3.31. The molecule has 6 nitrogen and oxygen atoms in total. The van der Waals surface area contributed by atoms with Crippen LogP contribution in [0.5, 0.6) is 0 Å². The fourth-order valence-electron chi connectivity index (χ4n) is 2.00. The lowest BCUT2D eigenvalue weighted by atomic mass is 9.92. The Kier molecular flexibility index (Phi) is 12.6. The first-order valence-electron chi connectivity index (χ1n) is 7.17. The molecule has 0 rings (SSSR count). The van der Waals surface area contributed by atoms with E-state index < -0.39 is 0 Å². The molecule has 6 heteroatoms. The molecule has 0 aliphatic carbocycles. The summed E-state index contributed by atoms with van der Waals surface area (Å²) in [5, 5.41) is 8.81. The van der Waals surface area contributed by atoms with Crippen molar-refractivity contribution in [2.24, 2.45) is 17.2 Å². The molecule has 7 N–H and O–H groups in total. The molecule has 0 aromatic heterocycles. The molecule has 0 aromatic rings. The molecular weight excluding hydrogens is 246 g/mol. The number of aliphatic hydroxyl groups excluding tert-OH is 1. The maximum absolute atomic E-state index is 8.81. The number of nitrogens with two attached hydrogens (primary N) is 3. The van der Waals surface area contributed by atoms with E-state index in [4.69, 9.17) is 31.8 Å². The van der Waals surface area contributed by atoms with Crippen molar-refractivity contribution in [3.63, 3.8) is 0 Å². The van der Waals surface area contributed by atoms with E-state index in [0.717, 1.165) is 32.1 Å². The predicted molar refractivity (Wildman–Crippen MR) is 76.8 cm³/mol. The van der Waals surface area contributed by atoms with Gasteiger partial charge in [0.05, 0.1) is 25.4 Å². The smallest absolute Gasteiger partial charge is 0.0915 e. The van der Waals surface area contributed by atoms with Crippen LogP contribution < -0.4 is 17.2 Å². The van der Waals surface area contributed by atoms with Gasteiger partial charge in [-0.05, 0) is 51.7 Å². The summed E-state index contributed by atoms with van der Waals surface area (Å²) in [5.74, 6) is 0. The van der Waals surface area contributed by atoms with Gasteiger partial charge in [0.1, 0.15) is 0 Å². The Bertz CT molecular complexity index is 174. The molecule has 0 spiro atoms. The van der Waals surface area contributed by atoms with E-state index in [1.807, 2.05) is 0 Å². The fraction of sp³-hybridized carbons (Fsp3) is 1.00. The Labute approximate surface area is 116 Å². The van der Waals surface area contributed by atoms with Gasteiger partial charge in [0.2, 0.25) is 0 Å². The van der Waals surface area contributed by atoms with Crippen molar-refractivity contribution in [2.45, 2.75) is 37.7 Å². The third kappa shape index (κ3) is 9.32. The maximum Gasteiger partial charge on any atom is 0.0915 e. The third-order valence-electron chi connectivity index (χ3n) is 3.03. The number of hydrogen-bond acceptors (Lipinski definition) is 6. The first kappa shape index (κ1) is 18.8. The van der Waals surface area contributed by atoms with Crippen molar-refractivity contribution in [2.75, 3.05) is 46.1 Å². The van der Waals surface area contributed by atoms with Gasteiger partial charge in [-0.3, -0.25) is 0 Å². The first-order chi connectivity index (χ1) is 9.24. The van der Waals surface area contributed by atoms with E-state index in [2.05, 4.69) is 0 Å². The second-order valence-corrected chi connectivity index (χ2v) is 4.73. The van der Waals surface area contributed by atoms with Crippen molar-refractivity contribution in [1.82, 2.24) is 0 Å². The quantitative estimate of drug-likeness (QED) is 0.320. The van der Waals surface area contributed by atoms with Gasteiger partial charge in [0.25, 0.3) is 0 Å². The Balaban J connectivity index is 4.44. The summed E-state index contributed by atoms with van der Waals surface area (Å²) in [4.78, 5) is 0. The minimum atomic E-state index is -0.344. The van der Waals surface area contributed by atoms with Crippen LogP contribution >= 0.6 is 0 Å². The zero-order chi connectivity index (χ0) is 14.4. The summed E-state index contributed by atoms with van der Waals surface area (Å²) < 4.78 is 11.5. The van der Waals surface area contributed by atoms with Gasteiger partial charge >= 0.3 is 0 Å². The lowest BCUT2D eigenvalue weighted by molar-refractivity contribution is -0.112. The average molecular weight is 277 g/mol. The highest BCUT2D eigenvalue weighted by Gasteiger charge is 2.30. The molecule has 0 aliphatic rings. The van der Waals surface area contributed by atoms with E-state index in [-0.39, 0.29) is 12.2 Å². The summed E-state index contributed by atoms with van der Waals surface area (Å²) in [6, 6.07) is 0. The van der Waals surface area contributed by atoms with Crippen LogP contribution in [0.2, 0.25) is 0 Å². The Morgan fingerprint density at radius 2 is 1.42 bits per heavy atom. The fourth-order valence-corrected chi connectivity index (χ4v) is 2.00. The van der Waals surface area contributed by atoms with Gasteiger partial charge in [-0.25, -0.2) is 0 Å². The van der Waals surface area contributed by atoms with Crippen LogP contribution in [-0.4, -0.2) is 56.8 Å². The van der Waals surface area contributed by atoms with E-state index in [1.165, 1.54) is 0 Å². The van der Waals surface area contributed by atoms with Crippen molar-refractivity contribution in [1.29, 1.82) is 0 Å². The van der Waals surface area contributed by atoms with E-state index in [0.29, 0.717) is 39.5 Å². The van der Waals surface area contributed by atoms with Gasteiger partial charge in [-0.15, -0.1) is 0 Å². The van der Waals surface area contributed by atoms with Crippen LogP contribution in [0.4, 0.5) is 0 Å². The maximum atomic E-state index is 8.81. The molecule has 0 aromatic carbocycles. The van der Waals surface area contributed by atoms with Crippen molar-refractivity contribution >= 4 is 0 Å². The molecule has 0 bridgehead atoms. The van der Waals surface area contributed by atoms with Crippen LogP contribution in [0.1, 0.15) is 32.1 Å². The van der Waals surface area contributed by atoms with Gasteiger partial charge in [0, 0.05) is 6.61 Å². The molecule has 0 fully saturated rings. The zero-order valence-electron chi connectivity index (χ0n) is 12.0. The van der Waals surface area contributed by atoms with E-state index in [9.17, 15) is 0 Å². The molecule has 116 valence electrons. The van der Waals surface area contributed by atoms with Crippen LogP contribution in [0, 0.1) is 0 Å². The minimum Gasteiger partial charge on any atom is -0.394 e. The van der Waals surface area contributed by atoms with Gasteiger partial charge < -0.3 is 31.8 Å². The summed E-state index contributed by atoms with van der Waals surface area (Å²) in [6.07, 6.45) is 4.29. The highest BCUT2D eigenvalue weighted by molar-refractivity contribution is 4.81. The van der Waals surface area contributed by atoms with Gasteiger partial charge in [-0.1, -0.05) is 0 Å². The second-order valence-electron chi connectivity index (χ2n) is 4.73. The SMILES string of the molecule is NCCCOC(CCCN)(CCCN)COCCO. The third-order valence-corrected chi connectivity index (χ3v) is 3.03. The topological polar surface area (TPSA) is 117 Å². The van der Waals surface area contributed by atoms with Crippen LogP contribution in [0.25, 0.3) is 0 Å². The largest absolute Gasteiger partial charge is 0.394 e. The lowest BCUT2D eigenvalue weighted by Gasteiger charge is -2.34. The number of hydrogen-bond donors (Lipinski definition) is 4. The van der Waals surface area contributed by atoms with Gasteiger partial charge in [-0.2, -0.15) is 0 Å². The van der Waals surface area contributed by atoms with Crippen molar-refractivity contribution in [3.05, 3.63) is 0 Å². The zero-order valence-corrected chi connectivity index (χ0v) is 12.0. The standard InChI is InChI=1S/C13H31N3O3/c14-6-1-4-13(5-2-7-15,12-18-11-9-17)19-10-3-8-16/h17H,1-12,14-16H2. The monoisotopic (exact) mass is 277 g/mol. The highest BCUT2D eigenvalue weighted by atomic mass is 16.5. The molecule has 0 unspecified atom stereocenters. The van der Waals surface area contributed by atoms with E-state index in [1.54, 1.807) is 0 Å². The minimum absolute atomic E-state index is 0.0205. The summed E-state index contributed by atoms with van der Waals surface area (Å²) in [5.41, 5.74) is 16.3. The molecule has 0 radical (unpaired) electrons. The molecule has 0 amide bonds. The molecule has 0 aliphatic heterocycles. The summed E-state index contributed by atoms with van der Waals surface area (Å²) >= 11 is 0. The summed E-state index contributed by atoms with van der Waals surface area (Å²) in [7, 11) is 0. The van der Waals surface area contributed by atoms with Crippen LogP contribution in [0.3, 0.4) is 0 Å². The lowest BCUT2D eigenvalue weighted by Crippen LogP contribution is -2.40. The molecular formula is C13H31N3O3. The Morgan fingerprint density at radius 3 is 1.89 bits per heavy atom. The Morgan fingerprint density at radius 1 is 0.842 bits per heavy atom. The first-order valence-corrected chi connectivity index (χ1v) is 7.17. The van der Waals surface area contributed by atoms with E-state index >= 15 is 0 Å². The normalized spacial score (nSPS) is 12.0. The van der Waals surface area contributed by atoms with Crippen molar-refractivity contribution < 1.29 is 14.6 Å². The molecule has 0 heterocycles.